The number of fused-ring (bicyclic) bond motifs is 1. The molecule has 0 aliphatic rings. The lowest BCUT2D eigenvalue weighted by atomic mass is 10.0. The van der Waals surface area contributed by atoms with Crippen molar-refractivity contribution >= 4 is 22.8 Å². The van der Waals surface area contributed by atoms with Gasteiger partial charge in [-0.25, -0.2) is 4.79 Å². The lowest BCUT2D eigenvalue weighted by molar-refractivity contribution is 0.466. The van der Waals surface area contributed by atoms with Crippen LogP contribution in [0.1, 0.15) is 32.8 Å². The summed E-state index contributed by atoms with van der Waals surface area (Å²) in [5, 5.41) is 3.59. The molecule has 2 rings (SSSR count). The summed E-state index contributed by atoms with van der Waals surface area (Å²) in [4.78, 5) is 12.0. The van der Waals surface area contributed by atoms with Gasteiger partial charge in [-0.3, -0.25) is 9.13 Å². The lowest BCUT2D eigenvalue weighted by Gasteiger charge is -2.26. The number of nitrogens with one attached hydrogen (secondary N) is 1. The summed E-state index contributed by atoms with van der Waals surface area (Å²) in [5.74, 6) is 0. The maximum absolute atomic E-state index is 12.0. The Hall–Kier alpha value is -1.20. The minimum absolute atomic E-state index is 0.0233. The van der Waals surface area contributed by atoms with E-state index in [2.05, 4.69) is 44.5 Å². The topological polar surface area (TPSA) is 39.0 Å². The maximum atomic E-state index is 12.0. The fourth-order valence-corrected chi connectivity index (χ4v) is 3.26. The first-order valence-electron chi connectivity index (χ1n) is 7.68. The molecule has 0 spiro atoms. The summed E-state index contributed by atoms with van der Waals surface area (Å²) in [6.07, 6.45) is 3.29. The second-order valence-electron chi connectivity index (χ2n) is 6.67. The van der Waals surface area contributed by atoms with E-state index in [-0.39, 0.29) is 5.69 Å². The highest BCUT2D eigenvalue weighted by molar-refractivity contribution is 7.99. The maximum Gasteiger partial charge on any atom is 0.328 e. The average molecular weight is 321 g/mol. The Kier molecular flexibility index (Phi) is 5.07. The molecule has 22 heavy (non-hydrogen) atoms. The number of imidazole rings is 1. The van der Waals surface area contributed by atoms with E-state index < -0.39 is 0 Å². The van der Waals surface area contributed by atoms with Crippen molar-refractivity contribution in [2.24, 2.45) is 14.1 Å². The van der Waals surface area contributed by atoms with E-state index in [0.717, 1.165) is 24.0 Å². The van der Waals surface area contributed by atoms with Gasteiger partial charge in [0.1, 0.15) is 0 Å². The van der Waals surface area contributed by atoms with Crippen molar-refractivity contribution in [3.8, 4) is 0 Å². The molecule has 0 saturated carbocycles. The normalized spacial score (nSPS) is 13.7. The van der Waals surface area contributed by atoms with Crippen LogP contribution in [0.4, 0.5) is 0 Å². The van der Waals surface area contributed by atoms with Crippen LogP contribution in [0.2, 0.25) is 0 Å². The van der Waals surface area contributed by atoms with Crippen molar-refractivity contribution in [3.63, 3.8) is 0 Å². The van der Waals surface area contributed by atoms with Crippen molar-refractivity contribution in [2.75, 3.05) is 6.26 Å². The van der Waals surface area contributed by atoms with Crippen molar-refractivity contribution in [1.82, 2.24) is 14.5 Å². The predicted octanol–water partition coefficient (Wildman–Crippen LogP) is 2.89. The number of nitrogens with zero attached hydrogens (tertiary/aromatic N) is 2. The fourth-order valence-electron chi connectivity index (χ4n) is 2.85. The van der Waals surface area contributed by atoms with E-state index in [1.807, 2.05) is 31.9 Å². The van der Waals surface area contributed by atoms with Crippen LogP contribution in [0.5, 0.6) is 0 Å². The standard InChI is InChI=1S/C17H27N3OS/c1-12(10-17(2,3)22-6)18-11-13-7-8-14-15(9-13)20(5)16(21)19(14)4/h7-9,12,18H,10-11H2,1-6H3/t12-/m0/s1. The Bertz CT molecular complexity index is 714. The summed E-state index contributed by atoms with van der Waals surface area (Å²) < 4.78 is 3.69. The highest BCUT2D eigenvalue weighted by Gasteiger charge is 2.19. The third kappa shape index (κ3) is 3.58. The number of thioether (sulfide) groups is 1. The van der Waals surface area contributed by atoms with E-state index in [0.29, 0.717) is 10.8 Å². The van der Waals surface area contributed by atoms with Gasteiger partial charge in [-0.05, 0) is 37.3 Å². The van der Waals surface area contributed by atoms with Crippen LogP contribution in [0.15, 0.2) is 23.0 Å². The minimum Gasteiger partial charge on any atom is -0.310 e. The molecule has 4 nitrogen and oxygen atoms in total. The molecule has 0 fully saturated rings. The zero-order valence-corrected chi connectivity index (χ0v) is 15.3. The second-order valence-corrected chi connectivity index (χ2v) is 8.19. The smallest absolute Gasteiger partial charge is 0.310 e. The predicted molar refractivity (Wildman–Crippen MR) is 96.7 cm³/mol. The number of hydrogen-bond acceptors (Lipinski definition) is 3. The van der Waals surface area contributed by atoms with Gasteiger partial charge in [0, 0.05) is 31.4 Å². The van der Waals surface area contributed by atoms with Gasteiger partial charge >= 0.3 is 5.69 Å². The largest absolute Gasteiger partial charge is 0.328 e. The highest BCUT2D eigenvalue weighted by atomic mass is 32.2. The van der Waals surface area contributed by atoms with Crippen molar-refractivity contribution in [1.29, 1.82) is 0 Å². The number of hydrogen-bond donors (Lipinski definition) is 1. The van der Waals surface area contributed by atoms with Crippen LogP contribution in [-0.2, 0) is 20.6 Å². The SMILES string of the molecule is CSC(C)(C)C[C@H](C)NCc1ccc2c(c1)n(C)c(=O)n2C. The zero-order chi connectivity index (χ0) is 16.5. The van der Waals surface area contributed by atoms with Gasteiger partial charge < -0.3 is 5.32 Å². The summed E-state index contributed by atoms with van der Waals surface area (Å²) >= 11 is 1.90. The van der Waals surface area contributed by atoms with E-state index in [4.69, 9.17) is 0 Å². The van der Waals surface area contributed by atoms with Crippen molar-refractivity contribution in [2.45, 2.75) is 44.5 Å². The molecule has 1 N–H and O–H groups in total. The fraction of sp³-hybridized carbons (Fsp3) is 0.588. The molecular weight excluding hydrogens is 294 g/mol. The molecule has 0 amide bonds. The first-order chi connectivity index (χ1) is 10.2. The van der Waals surface area contributed by atoms with Crippen LogP contribution in [0.3, 0.4) is 0 Å². The van der Waals surface area contributed by atoms with Gasteiger partial charge in [0.25, 0.3) is 0 Å². The number of benzene rings is 1. The Morgan fingerprint density at radius 3 is 2.50 bits per heavy atom. The van der Waals surface area contributed by atoms with Crippen LogP contribution in [-0.4, -0.2) is 26.2 Å². The molecule has 0 unspecified atom stereocenters. The molecule has 0 bridgehead atoms. The molecule has 1 atom stereocenters. The monoisotopic (exact) mass is 321 g/mol. The molecule has 5 heteroatoms. The second kappa shape index (κ2) is 6.50. The summed E-state index contributed by atoms with van der Waals surface area (Å²) in [6, 6.07) is 6.69. The van der Waals surface area contributed by atoms with Gasteiger partial charge in [-0.2, -0.15) is 11.8 Å². The highest BCUT2D eigenvalue weighted by Crippen LogP contribution is 2.26. The van der Waals surface area contributed by atoms with E-state index >= 15 is 0 Å². The molecule has 1 heterocycles. The van der Waals surface area contributed by atoms with Crippen LogP contribution >= 0.6 is 11.8 Å². The Labute approximate surface area is 136 Å². The van der Waals surface area contributed by atoms with Crippen molar-refractivity contribution in [3.05, 3.63) is 34.2 Å². The molecule has 0 saturated heterocycles. The Morgan fingerprint density at radius 2 is 1.86 bits per heavy atom. The Morgan fingerprint density at radius 1 is 1.23 bits per heavy atom. The number of rotatable bonds is 6. The zero-order valence-electron chi connectivity index (χ0n) is 14.4. The number of aromatic nitrogens is 2. The van der Waals surface area contributed by atoms with Gasteiger partial charge in [0.15, 0.2) is 0 Å². The number of aryl methyl sites for hydroxylation is 2. The van der Waals surface area contributed by atoms with Crippen LogP contribution < -0.4 is 11.0 Å². The third-order valence-corrected chi connectivity index (χ3v) is 5.61. The average Bonchev–Trinajstić information content (AvgIpc) is 2.69. The minimum atomic E-state index is 0.0233. The molecule has 122 valence electrons. The van der Waals surface area contributed by atoms with Gasteiger partial charge in [0.05, 0.1) is 11.0 Å². The third-order valence-electron chi connectivity index (χ3n) is 4.34. The Balaban J connectivity index is 2.10. The lowest BCUT2D eigenvalue weighted by Crippen LogP contribution is -2.32. The molecule has 0 aliphatic heterocycles. The molecule has 0 aliphatic carbocycles. The van der Waals surface area contributed by atoms with Crippen molar-refractivity contribution < 1.29 is 0 Å². The van der Waals surface area contributed by atoms with Gasteiger partial charge in [-0.15, -0.1) is 0 Å². The molecule has 1 aromatic carbocycles. The molecule has 2 aromatic rings. The first kappa shape index (κ1) is 17.2. The van der Waals surface area contributed by atoms with Crippen LogP contribution in [0, 0.1) is 0 Å². The summed E-state index contributed by atoms with van der Waals surface area (Å²) in [5.41, 5.74) is 3.20. The quantitative estimate of drug-likeness (QED) is 0.889. The van der Waals surface area contributed by atoms with Gasteiger partial charge in [0.2, 0.25) is 0 Å². The van der Waals surface area contributed by atoms with E-state index in [1.54, 1.807) is 9.13 Å². The first-order valence-corrected chi connectivity index (χ1v) is 8.90. The molecule has 0 radical (unpaired) electrons. The van der Waals surface area contributed by atoms with Gasteiger partial charge in [-0.1, -0.05) is 19.9 Å². The van der Waals surface area contributed by atoms with E-state index in [9.17, 15) is 4.79 Å². The molecule has 1 aromatic heterocycles. The summed E-state index contributed by atoms with van der Waals surface area (Å²) in [7, 11) is 3.64. The molecular formula is C17H27N3OS. The van der Waals surface area contributed by atoms with E-state index in [1.165, 1.54) is 5.56 Å². The summed E-state index contributed by atoms with van der Waals surface area (Å²) in [6.45, 7) is 7.61. The van der Waals surface area contributed by atoms with Crippen LogP contribution in [0.25, 0.3) is 11.0 Å².